The minimum absolute atomic E-state index is 0.0652. The number of thiocarbonyl (C=S) groups is 1. The zero-order valence-corrected chi connectivity index (χ0v) is 28.0. The maximum Gasteiger partial charge on any atom is 0.305 e. The predicted molar refractivity (Wildman–Crippen MR) is 188 cm³/mol. The van der Waals surface area contributed by atoms with Gasteiger partial charge < -0.3 is 9.84 Å². The number of esters is 1. The minimum atomic E-state index is -1.10. The number of thiophene rings is 4. The minimum Gasteiger partial charge on any atom is -0.465 e. The molecule has 5 aromatic rings. The van der Waals surface area contributed by atoms with Crippen LogP contribution in [0.1, 0.15) is 36.0 Å². The van der Waals surface area contributed by atoms with Crippen molar-refractivity contribution in [1.82, 2.24) is 0 Å². The molecule has 0 aliphatic heterocycles. The first-order chi connectivity index (χ1) is 20.9. The van der Waals surface area contributed by atoms with E-state index in [9.17, 15) is 15.2 Å². The van der Waals surface area contributed by atoms with Crippen LogP contribution < -0.4 is 0 Å². The van der Waals surface area contributed by atoms with E-state index < -0.39 is 10.9 Å². The van der Waals surface area contributed by atoms with E-state index in [0.717, 1.165) is 31.3 Å². The Kier molecular flexibility index (Phi) is 11.4. The second-order valence-electron chi connectivity index (χ2n) is 9.95. The molecule has 43 heavy (non-hydrogen) atoms. The van der Waals surface area contributed by atoms with Crippen molar-refractivity contribution in [3.8, 4) is 25.6 Å². The summed E-state index contributed by atoms with van der Waals surface area (Å²) < 4.78 is 4.96. The highest BCUT2D eigenvalue weighted by Gasteiger charge is 2.36. The van der Waals surface area contributed by atoms with Gasteiger partial charge in [-0.25, -0.2) is 0 Å². The molecule has 0 bridgehead atoms. The lowest BCUT2D eigenvalue weighted by atomic mass is 9.93. The Hall–Kier alpha value is -2.62. The van der Waals surface area contributed by atoms with E-state index in [0.29, 0.717) is 23.6 Å². The molecule has 0 saturated heterocycles. The maximum atomic E-state index is 12.7. The molecule has 0 amide bonds. The molecule has 1 aromatic carbocycles. The standard InChI is InChI=1S/C33H29NO3S6/c34-22-33(43-32(38)24-6-2-1-3-7-24,13-10-30(36)37-14-11-23-12-17-39-21-23)20-26(35)18-25-19-29(27-8-4-15-40-27)42-31(25)28-9-5-16-41-28/h1-9,12,15-17,19,21,26,35H,10-11,13-14,18,20H2. The molecule has 10 heteroatoms. The third-order valence-electron chi connectivity index (χ3n) is 6.81. The molecule has 0 aliphatic carbocycles. The van der Waals surface area contributed by atoms with E-state index in [2.05, 4.69) is 35.0 Å². The average Bonchev–Trinajstić information content (AvgIpc) is 3.84. The number of benzene rings is 1. The molecule has 5 rings (SSSR count). The van der Waals surface area contributed by atoms with Crippen LogP contribution in [0.15, 0.2) is 88.3 Å². The Bertz CT molecular complexity index is 1640. The van der Waals surface area contributed by atoms with Gasteiger partial charge in [-0.05, 0) is 75.3 Å². The van der Waals surface area contributed by atoms with Crippen LogP contribution >= 0.6 is 69.3 Å². The van der Waals surface area contributed by atoms with Crippen LogP contribution in [0.25, 0.3) is 19.5 Å². The molecule has 220 valence electrons. The largest absolute Gasteiger partial charge is 0.465 e. The van der Waals surface area contributed by atoms with E-state index in [1.807, 2.05) is 59.3 Å². The third kappa shape index (κ3) is 8.73. The number of aliphatic hydroxyl groups excluding tert-OH is 1. The number of rotatable bonds is 14. The summed E-state index contributed by atoms with van der Waals surface area (Å²) in [6.07, 6.45) is 0.683. The van der Waals surface area contributed by atoms with Crippen LogP contribution in [-0.2, 0) is 22.4 Å². The van der Waals surface area contributed by atoms with Crippen LogP contribution in [0.2, 0.25) is 0 Å². The van der Waals surface area contributed by atoms with Gasteiger partial charge in [-0.1, -0.05) is 66.4 Å². The van der Waals surface area contributed by atoms with Crippen LogP contribution in [0, 0.1) is 11.3 Å². The van der Waals surface area contributed by atoms with E-state index in [-0.39, 0.29) is 25.2 Å². The smallest absolute Gasteiger partial charge is 0.305 e. The molecule has 2 atom stereocenters. The number of thioether (sulfide) groups is 1. The topological polar surface area (TPSA) is 70.3 Å². The zero-order chi connectivity index (χ0) is 30.1. The lowest BCUT2D eigenvalue weighted by molar-refractivity contribution is -0.143. The SMILES string of the molecule is N#CC(CCC(=O)OCCc1ccsc1)(CC(O)Cc1cc(-c2cccs2)sc1-c1cccs1)SC(=S)c1ccccc1. The van der Waals surface area contributed by atoms with Gasteiger partial charge in [0.2, 0.25) is 0 Å². The van der Waals surface area contributed by atoms with Crippen molar-refractivity contribution in [2.75, 3.05) is 6.61 Å². The first-order valence-corrected chi connectivity index (χ1v) is 18.4. The van der Waals surface area contributed by atoms with Crippen LogP contribution in [0.3, 0.4) is 0 Å². The highest BCUT2D eigenvalue weighted by atomic mass is 32.2. The second-order valence-corrected chi connectivity index (χ2v) is 15.7. The monoisotopic (exact) mass is 679 g/mol. The third-order valence-corrected chi connectivity index (χ3v) is 12.6. The normalized spacial score (nSPS) is 13.2. The van der Waals surface area contributed by atoms with Gasteiger partial charge in [-0.15, -0.1) is 34.0 Å². The number of carbonyl (C=O) groups excluding carboxylic acids is 1. The van der Waals surface area contributed by atoms with Gasteiger partial charge in [0.15, 0.2) is 0 Å². The summed E-state index contributed by atoms with van der Waals surface area (Å²) >= 11 is 13.7. The highest BCUT2D eigenvalue weighted by molar-refractivity contribution is 8.24. The molecular formula is C33H29NO3S6. The molecule has 1 N–H and O–H groups in total. The van der Waals surface area contributed by atoms with Gasteiger partial charge >= 0.3 is 5.97 Å². The van der Waals surface area contributed by atoms with Crippen LogP contribution in [0.5, 0.6) is 0 Å². The van der Waals surface area contributed by atoms with Gasteiger partial charge in [-0.2, -0.15) is 16.6 Å². The Morgan fingerprint density at radius 3 is 2.47 bits per heavy atom. The van der Waals surface area contributed by atoms with Crippen molar-refractivity contribution in [2.24, 2.45) is 0 Å². The van der Waals surface area contributed by atoms with E-state index in [1.54, 1.807) is 45.3 Å². The molecule has 4 aromatic heterocycles. The molecule has 2 unspecified atom stereocenters. The summed E-state index contributed by atoms with van der Waals surface area (Å²) in [6, 6.07) is 24.5. The Morgan fingerprint density at radius 1 is 1.02 bits per heavy atom. The van der Waals surface area contributed by atoms with Gasteiger partial charge in [0.25, 0.3) is 0 Å². The average molecular weight is 680 g/mol. The van der Waals surface area contributed by atoms with Crippen molar-refractivity contribution in [2.45, 2.75) is 43.0 Å². The fourth-order valence-corrected chi connectivity index (χ4v) is 10.0. The molecule has 0 aliphatic rings. The van der Waals surface area contributed by atoms with E-state index >= 15 is 0 Å². The van der Waals surface area contributed by atoms with Gasteiger partial charge in [-0.3, -0.25) is 4.79 Å². The van der Waals surface area contributed by atoms with Crippen molar-refractivity contribution < 1.29 is 14.6 Å². The Morgan fingerprint density at radius 2 is 1.79 bits per heavy atom. The van der Waals surface area contributed by atoms with E-state index in [4.69, 9.17) is 17.0 Å². The highest BCUT2D eigenvalue weighted by Crippen LogP contribution is 2.43. The number of aliphatic hydroxyl groups is 1. The lowest BCUT2D eigenvalue weighted by Gasteiger charge is -2.28. The molecule has 0 spiro atoms. The summed E-state index contributed by atoms with van der Waals surface area (Å²) in [5.74, 6) is -0.353. The van der Waals surface area contributed by atoms with Gasteiger partial charge in [0, 0.05) is 38.8 Å². The lowest BCUT2D eigenvalue weighted by Crippen LogP contribution is -2.32. The fraction of sp³-hybridized carbons (Fsp3) is 0.242. The molecular weight excluding hydrogens is 651 g/mol. The summed E-state index contributed by atoms with van der Waals surface area (Å²) in [5, 5.41) is 30.2. The van der Waals surface area contributed by atoms with Crippen molar-refractivity contribution in [3.63, 3.8) is 0 Å². The summed E-state index contributed by atoms with van der Waals surface area (Å²) in [5.41, 5.74) is 3.03. The number of hydrogen-bond acceptors (Lipinski definition) is 10. The van der Waals surface area contributed by atoms with Gasteiger partial charge in [0.05, 0.1) is 23.0 Å². The first-order valence-electron chi connectivity index (χ1n) is 13.7. The quantitative estimate of drug-likeness (QED) is 0.0932. The number of hydrogen-bond donors (Lipinski definition) is 1. The Labute approximate surface area is 277 Å². The zero-order valence-electron chi connectivity index (χ0n) is 23.1. The summed E-state index contributed by atoms with van der Waals surface area (Å²) in [4.78, 5) is 17.4. The number of ether oxygens (including phenoxy) is 1. The number of carbonyl (C=O) groups is 1. The predicted octanol–water partition coefficient (Wildman–Crippen LogP) is 9.50. The Balaban J connectivity index is 1.32. The summed E-state index contributed by atoms with van der Waals surface area (Å²) in [7, 11) is 0. The first kappa shape index (κ1) is 31.8. The number of nitrogens with zero attached hydrogens (tertiary/aromatic N) is 1. The molecule has 4 heterocycles. The molecule has 0 radical (unpaired) electrons. The van der Waals surface area contributed by atoms with Crippen molar-refractivity contribution >= 4 is 79.5 Å². The molecule has 4 nitrogen and oxygen atoms in total. The second kappa shape index (κ2) is 15.4. The number of nitriles is 1. The molecule has 0 saturated carbocycles. The van der Waals surface area contributed by atoms with Crippen LogP contribution in [-0.4, -0.2) is 32.7 Å². The van der Waals surface area contributed by atoms with Crippen molar-refractivity contribution in [3.05, 3.63) is 105 Å². The molecule has 0 fully saturated rings. The van der Waals surface area contributed by atoms with E-state index in [1.165, 1.54) is 16.6 Å². The summed E-state index contributed by atoms with van der Waals surface area (Å²) in [6.45, 7) is 0.295. The van der Waals surface area contributed by atoms with Gasteiger partial charge in [0.1, 0.15) is 4.75 Å². The van der Waals surface area contributed by atoms with Crippen LogP contribution in [0.4, 0.5) is 0 Å². The fourth-order valence-electron chi connectivity index (χ4n) is 4.67. The van der Waals surface area contributed by atoms with Crippen molar-refractivity contribution in [1.29, 1.82) is 5.26 Å². The maximum absolute atomic E-state index is 12.7.